The van der Waals surface area contributed by atoms with Gasteiger partial charge in [0.05, 0.1) is 26.3 Å². The van der Waals surface area contributed by atoms with E-state index in [0.717, 1.165) is 31.4 Å². The van der Waals surface area contributed by atoms with Crippen LogP contribution in [0, 0.1) is 15.9 Å². The Morgan fingerprint density at radius 3 is 1.89 bits per heavy atom. The van der Waals surface area contributed by atoms with E-state index in [-0.39, 0.29) is 22.4 Å². The molecular formula is C36H42FN5O13. The Labute approximate surface area is 314 Å². The zero-order valence-corrected chi connectivity index (χ0v) is 30.9. The number of carbonyl (C=O) groups excluding carboxylic acids is 5. The number of benzene rings is 3. The average Bonchev–Trinajstić information content (AvgIpc) is 3.11. The van der Waals surface area contributed by atoms with Crippen LogP contribution in [-0.2, 0) is 35.1 Å². The summed E-state index contributed by atoms with van der Waals surface area (Å²) in [7, 11) is 3.59. The van der Waals surface area contributed by atoms with Crippen LogP contribution in [0.25, 0.3) is 0 Å². The van der Waals surface area contributed by atoms with Crippen LogP contribution >= 0.6 is 0 Å². The van der Waals surface area contributed by atoms with Gasteiger partial charge in [-0.25, -0.2) is 9.59 Å². The van der Waals surface area contributed by atoms with E-state index in [2.05, 4.69) is 21.3 Å². The molecule has 0 aliphatic heterocycles. The molecule has 55 heavy (non-hydrogen) atoms. The molecule has 3 aromatic carbocycles. The fourth-order valence-electron chi connectivity index (χ4n) is 5.09. The maximum atomic E-state index is 14.2. The van der Waals surface area contributed by atoms with Gasteiger partial charge in [-0.15, -0.1) is 0 Å². The van der Waals surface area contributed by atoms with Crippen LogP contribution in [0.15, 0.2) is 54.6 Å². The first kappa shape index (κ1) is 42.8. The maximum Gasteiger partial charge on any atom is 0.408 e. The lowest BCUT2D eigenvalue weighted by atomic mass is 10.0. The number of amides is 4. The molecule has 296 valence electrons. The third kappa shape index (κ3) is 11.7. The van der Waals surface area contributed by atoms with Gasteiger partial charge in [-0.3, -0.25) is 24.5 Å². The van der Waals surface area contributed by atoms with Gasteiger partial charge in [-0.1, -0.05) is 18.2 Å². The number of nitro groups is 1. The van der Waals surface area contributed by atoms with Crippen molar-refractivity contribution in [1.82, 2.24) is 21.3 Å². The third-order valence-corrected chi connectivity index (χ3v) is 7.73. The molecule has 0 heterocycles. The van der Waals surface area contributed by atoms with Gasteiger partial charge in [0, 0.05) is 12.5 Å². The lowest BCUT2D eigenvalue weighted by Crippen LogP contribution is -2.52. The minimum Gasteiger partial charge on any atom is -0.504 e. The van der Waals surface area contributed by atoms with Gasteiger partial charge in [0.1, 0.15) is 35.5 Å². The number of phenols is 2. The Morgan fingerprint density at radius 1 is 0.800 bits per heavy atom. The number of hydrogen-bond acceptors (Lipinski definition) is 13. The van der Waals surface area contributed by atoms with Crippen molar-refractivity contribution in [3.05, 3.63) is 87.2 Å². The van der Waals surface area contributed by atoms with Crippen LogP contribution in [0.3, 0.4) is 0 Å². The molecule has 18 nitrogen and oxygen atoms in total. The summed E-state index contributed by atoms with van der Waals surface area (Å²) in [6.45, 7) is 6.13. The minimum absolute atomic E-state index is 0.0878. The Bertz CT molecular complexity index is 1890. The van der Waals surface area contributed by atoms with Crippen molar-refractivity contribution in [2.24, 2.45) is 0 Å². The summed E-state index contributed by atoms with van der Waals surface area (Å²) in [6.07, 6.45) is -1.34. The fourth-order valence-corrected chi connectivity index (χ4v) is 5.09. The highest BCUT2D eigenvalue weighted by molar-refractivity contribution is 5.96. The van der Waals surface area contributed by atoms with Crippen LogP contribution in [0.4, 0.5) is 14.9 Å². The molecule has 4 amide bonds. The lowest BCUT2D eigenvalue weighted by Gasteiger charge is -2.27. The van der Waals surface area contributed by atoms with Crippen molar-refractivity contribution >= 4 is 35.5 Å². The first-order valence-electron chi connectivity index (χ1n) is 16.4. The van der Waals surface area contributed by atoms with Crippen LogP contribution in [0.1, 0.15) is 56.5 Å². The lowest BCUT2D eigenvalue weighted by molar-refractivity contribution is -0.387. The summed E-state index contributed by atoms with van der Waals surface area (Å²) in [5.74, 6) is -6.31. The molecule has 0 aromatic heterocycles. The summed E-state index contributed by atoms with van der Waals surface area (Å²) < 4.78 is 34.2. The Kier molecular flexibility index (Phi) is 14.3. The van der Waals surface area contributed by atoms with E-state index in [1.165, 1.54) is 51.5 Å². The number of halogens is 1. The summed E-state index contributed by atoms with van der Waals surface area (Å²) in [6, 6.07) is 4.53. The van der Waals surface area contributed by atoms with E-state index in [1.807, 2.05) is 0 Å². The first-order chi connectivity index (χ1) is 25.8. The number of nitrogens with one attached hydrogen (secondary N) is 4. The van der Waals surface area contributed by atoms with E-state index in [0.29, 0.717) is 5.75 Å². The topological polar surface area (TPSA) is 254 Å². The van der Waals surface area contributed by atoms with Gasteiger partial charge in [-0.2, -0.15) is 4.39 Å². The molecule has 0 radical (unpaired) electrons. The van der Waals surface area contributed by atoms with Crippen molar-refractivity contribution in [2.75, 3.05) is 21.3 Å². The largest absolute Gasteiger partial charge is 0.504 e. The first-order valence-corrected chi connectivity index (χ1v) is 16.4. The van der Waals surface area contributed by atoms with Gasteiger partial charge in [-0.05, 0) is 74.7 Å². The molecule has 0 fully saturated rings. The molecule has 4 atom stereocenters. The quantitative estimate of drug-likeness (QED) is 0.0739. The zero-order valence-electron chi connectivity index (χ0n) is 30.9. The highest BCUT2D eigenvalue weighted by Gasteiger charge is 2.34. The molecule has 0 unspecified atom stereocenters. The second-order valence-corrected chi connectivity index (χ2v) is 12.9. The molecule has 19 heteroatoms. The molecule has 0 bridgehead atoms. The number of phenolic OH excluding ortho intramolecular Hbond substituents is 2. The molecule has 0 aliphatic rings. The predicted molar refractivity (Wildman–Crippen MR) is 191 cm³/mol. The highest BCUT2D eigenvalue weighted by Crippen LogP contribution is 2.38. The van der Waals surface area contributed by atoms with Crippen molar-refractivity contribution in [2.45, 2.75) is 63.9 Å². The number of nitro benzene ring substituents is 1. The van der Waals surface area contributed by atoms with Crippen molar-refractivity contribution < 1.29 is 62.4 Å². The summed E-state index contributed by atoms with van der Waals surface area (Å²) in [5, 5.41) is 42.1. The molecule has 3 rings (SSSR count). The van der Waals surface area contributed by atoms with E-state index >= 15 is 0 Å². The summed E-state index contributed by atoms with van der Waals surface area (Å²) in [4.78, 5) is 77.2. The van der Waals surface area contributed by atoms with Gasteiger partial charge in [0.25, 0.3) is 0 Å². The number of rotatable bonds is 15. The van der Waals surface area contributed by atoms with E-state index in [9.17, 15) is 48.7 Å². The van der Waals surface area contributed by atoms with Gasteiger partial charge in [0.2, 0.25) is 29.3 Å². The Hall–Kier alpha value is -6.66. The number of carbonyl (C=O) groups is 5. The third-order valence-electron chi connectivity index (χ3n) is 7.73. The molecule has 6 N–H and O–H groups in total. The number of hydrogen-bond donors (Lipinski definition) is 6. The second-order valence-electron chi connectivity index (χ2n) is 12.9. The fraction of sp³-hybridized carbons (Fsp3) is 0.361. The summed E-state index contributed by atoms with van der Waals surface area (Å²) >= 11 is 0. The number of nitrogens with zero attached hydrogens (tertiary/aromatic N) is 1. The number of ether oxygens (including phenoxy) is 4. The second kappa shape index (κ2) is 18.4. The van der Waals surface area contributed by atoms with Crippen LogP contribution in [0.5, 0.6) is 23.0 Å². The standard InChI is InChI=1S/C36H42FN5O13/c1-18(38-35(49)55-36(2,3)4)31(45)40-29(21-16-26(43)30(53-6)27(44)17-21)33(47)41-28(20-9-11-22(52-5)12-10-20)32(46)39-24(34(48)54-7)14-19-8-13-23(37)25(15-19)42(50)51/h8-13,15-18,24,28-29,43-44H,14H2,1-7H3,(H,38,49)(H,39,46)(H,40,45)(H,41,47)/t18-,24-,28+,29+/m0/s1. The normalized spacial score (nSPS) is 13.2. The molecule has 0 saturated carbocycles. The predicted octanol–water partition coefficient (Wildman–Crippen LogP) is 2.99. The van der Waals surface area contributed by atoms with Gasteiger partial charge < -0.3 is 50.4 Å². The smallest absolute Gasteiger partial charge is 0.408 e. The highest BCUT2D eigenvalue weighted by atomic mass is 19.1. The van der Waals surface area contributed by atoms with Crippen molar-refractivity contribution in [3.8, 4) is 23.0 Å². The van der Waals surface area contributed by atoms with E-state index in [1.54, 1.807) is 20.8 Å². The van der Waals surface area contributed by atoms with Crippen molar-refractivity contribution in [1.29, 1.82) is 0 Å². The average molecular weight is 772 g/mol. The zero-order chi connectivity index (χ0) is 41.2. The monoisotopic (exact) mass is 771 g/mol. The number of aromatic hydroxyl groups is 2. The molecule has 3 aromatic rings. The summed E-state index contributed by atoms with van der Waals surface area (Å²) in [5.41, 5.74) is -1.73. The minimum atomic E-state index is -1.76. The Morgan fingerprint density at radius 2 is 1.36 bits per heavy atom. The van der Waals surface area contributed by atoms with Crippen LogP contribution in [0.2, 0.25) is 0 Å². The van der Waals surface area contributed by atoms with Crippen molar-refractivity contribution in [3.63, 3.8) is 0 Å². The number of alkyl carbamates (subject to hydrolysis) is 1. The van der Waals surface area contributed by atoms with Gasteiger partial charge in [0.15, 0.2) is 11.5 Å². The number of esters is 1. The van der Waals surface area contributed by atoms with E-state index in [4.69, 9.17) is 18.9 Å². The SMILES string of the molecule is COC(=O)[C@H](Cc1ccc(F)c([N+](=O)[O-])c1)NC(=O)[C@H](NC(=O)[C@H](NC(=O)[C@H](C)NC(=O)OC(C)(C)C)c1cc(O)c(OC)c(O)c1)c1ccc(OC)cc1. The Balaban J connectivity index is 2.04. The van der Waals surface area contributed by atoms with Crippen LogP contribution in [-0.4, -0.2) is 83.9 Å². The number of methoxy groups -OCH3 is 3. The molecule has 0 saturated heterocycles. The van der Waals surface area contributed by atoms with Gasteiger partial charge >= 0.3 is 17.7 Å². The molecule has 0 spiro atoms. The van der Waals surface area contributed by atoms with E-state index < -0.39 is 93.9 Å². The maximum absolute atomic E-state index is 14.2. The van der Waals surface area contributed by atoms with Crippen LogP contribution < -0.4 is 30.7 Å². The molecule has 0 aliphatic carbocycles. The molecular weight excluding hydrogens is 729 g/mol.